The summed E-state index contributed by atoms with van der Waals surface area (Å²) in [5, 5.41) is 22.0. The summed E-state index contributed by atoms with van der Waals surface area (Å²) < 4.78 is 0. The van der Waals surface area contributed by atoms with Crippen LogP contribution in [0.5, 0.6) is 0 Å². The van der Waals surface area contributed by atoms with Gasteiger partial charge >= 0.3 is 11.9 Å². The summed E-state index contributed by atoms with van der Waals surface area (Å²) >= 11 is 0. The number of nitrogens with two attached hydrogens (primary N) is 1. The van der Waals surface area contributed by atoms with Crippen LogP contribution in [-0.4, -0.2) is 76.5 Å². The number of nitrogens with one attached hydrogen (secondary N) is 2. The van der Waals surface area contributed by atoms with Gasteiger partial charge in [0.05, 0.1) is 6.54 Å². The monoisotopic (exact) mass is 358 g/mol. The Bertz CT molecular complexity index is 551. The van der Waals surface area contributed by atoms with Crippen molar-refractivity contribution < 1.29 is 34.2 Å². The smallest absolute Gasteiger partial charge is 0.322 e. The molecule has 0 bridgehead atoms. The molecule has 1 aliphatic rings. The predicted octanol–water partition coefficient (Wildman–Crippen LogP) is -2.51. The summed E-state index contributed by atoms with van der Waals surface area (Å²) in [5.41, 5.74) is 5.20. The first-order valence-electron chi connectivity index (χ1n) is 7.77. The van der Waals surface area contributed by atoms with Crippen LogP contribution in [0.4, 0.5) is 0 Å². The van der Waals surface area contributed by atoms with E-state index < -0.39 is 48.3 Å². The third-order valence-corrected chi connectivity index (χ3v) is 3.72. The predicted molar refractivity (Wildman–Crippen MR) is 83.2 cm³/mol. The van der Waals surface area contributed by atoms with Crippen LogP contribution in [0.25, 0.3) is 0 Å². The second-order valence-electron chi connectivity index (χ2n) is 5.56. The Morgan fingerprint density at radius 1 is 1.16 bits per heavy atom. The van der Waals surface area contributed by atoms with Gasteiger partial charge in [-0.25, -0.2) is 0 Å². The van der Waals surface area contributed by atoms with Gasteiger partial charge in [0.2, 0.25) is 17.7 Å². The van der Waals surface area contributed by atoms with Crippen LogP contribution in [0.1, 0.15) is 25.7 Å². The van der Waals surface area contributed by atoms with E-state index in [1.165, 1.54) is 4.90 Å². The summed E-state index contributed by atoms with van der Waals surface area (Å²) in [6.45, 7) is -0.671. The van der Waals surface area contributed by atoms with Gasteiger partial charge < -0.3 is 31.5 Å². The van der Waals surface area contributed by atoms with E-state index in [-0.39, 0.29) is 25.9 Å². The molecule has 3 amide bonds. The molecule has 140 valence electrons. The second-order valence-corrected chi connectivity index (χ2v) is 5.56. The average molecular weight is 358 g/mol. The molecule has 25 heavy (non-hydrogen) atoms. The minimum atomic E-state index is -1.21. The van der Waals surface area contributed by atoms with Gasteiger partial charge in [-0.2, -0.15) is 0 Å². The normalized spacial score (nSPS) is 17.6. The first-order chi connectivity index (χ1) is 11.8. The van der Waals surface area contributed by atoms with Gasteiger partial charge in [-0.1, -0.05) is 0 Å². The molecule has 0 saturated carbocycles. The second kappa shape index (κ2) is 9.57. The molecule has 1 rings (SSSR count). The lowest BCUT2D eigenvalue weighted by Crippen LogP contribution is -2.54. The van der Waals surface area contributed by atoms with Gasteiger partial charge in [0, 0.05) is 13.0 Å². The molecule has 2 atom stereocenters. The molecular weight excluding hydrogens is 336 g/mol. The molecule has 0 unspecified atom stereocenters. The molecule has 1 fully saturated rings. The lowest BCUT2D eigenvalue weighted by Gasteiger charge is -2.28. The molecule has 0 aromatic heterocycles. The minimum Gasteiger partial charge on any atom is -0.481 e. The number of carbonyl (C=O) groups excluding carboxylic acids is 3. The zero-order chi connectivity index (χ0) is 19.0. The van der Waals surface area contributed by atoms with Crippen molar-refractivity contribution in [2.45, 2.75) is 37.8 Å². The molecule has 6 N–H and O–H groups in total. The zero-order valence-corrected chi connectivity index (χ0v) is 13.6. The maximum Gasteiger partial charge on any atom is 0.322 e. The molecular formula is C14H22N4O7. The van der Waals surface area contributed by atoms with Crippen LogP contribution in [0.3, 0.4) is 0 Å². The van der Waals surface area contributed by atoms with E-state index >= 15 is 0 Å². The van der Waals surface area contributed by atoms with Crippen molar-refractivity contribution in [2.24, 2.45) is 5.73 Å². The van der Waals surface area contributed by atoms with E-state index in [2.05, 4.69) is 10.6 Å². The van der Waals surface area contributed by atoms with Crippen molar-refractivity contribution in [3.8, 4) is 0 Å². The van der Waals surface area contributed by atoms with E-state index in [1.54, 1.807) is 0 Å². The summed E-state index contributed by atoms with van der Waals surface area (Å²) in [7, 11) is 0. The minimum absolute atomic E-state index is 0.139. The van der Waals surface area contributed by atoms with E-state index in [0.717, 1.165) is 0 Å². The number of carboxylic acid groups (broad SMARTS) is 2. The highest BCUT2D eigenvalue weighted by Crippen LogP contribution is 2.19. The van der Waals surface area contributed by atoms with Crippen molar-refractivity contribution in [1.82, 2.24) is 15.5 Å². The van der Waals surface area contributed by atoms with Crippen LogP contribution in [0.15, 0.2) is 0 Å². The number of rotatable bonds is 9. The molecule has 0 aliphatic carbocycles. The Morgan fingerprint density at radius 2 is 1.84 bits per heavy atom. The van der Waals surface area contributed by atoms with Gasteiger partial charge in [0.1, 0.15) is 18.6 Å². The molecule has 1 aliphatic heterocycles. The third-order valence-electron chi connectivity index (χ3n) is 3.72. The highest BCUT2D eigenvalue weighted by Gasteiger charge is 2.37. The number of amides is 3. The Morgan fingerprint density at radius 3 is 2.40 bits per heavy atom. The van der Waals surface area contributed by atoms with Crippen LogP contribution in [-0.2, 0) is 24.0 Å². The number of hydrogen-bond donors (Lipinski definition) is 5. The third kappa shape index (κ3) is 6.37. The number of hydrogen-bond acceptors (Lipinski definition) is 6. The van der Waals surface area contributed by atoms with Crippen LogP contribution < -0.4 is 16.4 Å². The summed E-state index contributed by atoms with van der Waals surface area (Å²) in [6.07, 6.45) is 0.409. The molecule has 0 spiro atoms. The summed E-state index contributed by atoms with van der Waals surface area (Å²) in [4.78, 5) is 58.7. The van der Waals surface area contributed by atoms with Crippen LogP contribution in [0, 0.1) is 0 Å². The maximum atomic E-state index is 12.6. The van der Waals surface area contributed by atoms with Crippen molar-refractivity contribution in [3.63, 3.8) is 0 Å². The SMILES string of the molecule is NCC(=O)N[C@@H](CCC(=O)O)C(=O)N1CCC[C@H]1C(=O)NCC(=O)O. The van der Waals surface area contributed by atoms with Gasteiger partial charge in [-0.05, 0) is 19.3 Å². The Kier molecular flexibility index (Phi) is 7.79. The first kappa shape index (κ1) is 20.4. The topological polar surface area (TPSA) is 179 Å². The van der Waals surface area contributed by atoms with Crippen molar-refractivity contribution in [2.75, 3.05) is 19.6 Å². The number of nitrogens with zero attached hydrogens (tertiary/aromatic N) is 1. The van der Waals surface area contributed by atoms with Crippen LogP contribution >= 0.6 is 0 Å². The van der Waals surface area contributed by atoms with Gasteiger partial charge in [-0.3, -0.25) is 24.0 Å². The number of likely N-dealkylation sites (tertiary alicyclic amines) is 1. The summed E-state index contributed by atoms with van der Waals surface area (Å²) in [6, 6.07) is -1.96. The molecule has 0 radical (unpaired) electrons. The van der Waals surface area contributed by atoms with Gasteiger partial charge in [0.25, 0.3) is 0 Å². The molecule has 11 heteroatoms. The fourth-order valence-corrected chi connectivity index (χ4v) is 2.56. The fraction of sp³-hybridized carbons (Fsp3) is 0.643. The molecule has 1 saturated heterocycles. The highest BCUT2D eigenvalue weighted by molar-refractivity contribution is 5.93. The molecule has 1 heterocycles. The Hall–Kier alpha value is -2.69. The van der Waals surface area contributed by atoms with Crippen molar-refractivity contribution in [3.05, 3.63) is 0 Å². The quantitative estimate of drug-likeness (QED) is 0.300. The molecule has 11 nitrogen and oxygen atoms in total. The van der Waals surface area contributed by atoms with Gasteiger partial charge in [0.15, 0.2) is 0 Å². The summed E-state index contributed by atoms with van der Waals surface area (Å²) in [5.74, 6) is -4.14. The van der Waals surface area contributed by atoms with E-state index in [4.69, 9.17) is 15.9 Å². The Balaban J connectivity index is 2.81. The fourth-order valence-electron chi connectivity index (χ4n) is 2.56. The molecule has 0 aromatic rings. The lowest BCUT2D eigenvalue weighted by atomic mass is 10.1. The number of aliphatic carboxylic acids is 2. The Labute approximate surface area is 143 Å². The lowest BCUT2D eigenvalue weighted by molar-refractivity contribution is -0.143. The number of carbonyl (C=O) groups is 5. The van der Waals surface area contributed by atoms with Crippen molar-refractivity contribution >= 4 is 29.7 Å². The number of carboxylic acids is 2. The molecule has 0 aromatic carbocycles. The van der Waals surface area contributed by atoms with Crippen LogP contribution in [0.2, 0.25) is 0 Å². The standard InChI is InChI=1S/C14H22N4O7/c15-6-10(19)17-8(3-4-11(20)21)14(25)18-5-1-2-9(18)13(24)16-7-12(22)23/h8-9H,1-7,15H2,(H,16,24)(H,17,19)(H,20,21)(H,22,23)/t8-,9-/m0/s1. The van der Waals surface area contributed by atoms with Crippen molar-refractivity contribution in [1.29, 1.82) is 0 Å². The largest absolute Gasteiger partial charge is 0.481 e. The highest BCUT2D eigenvalue weighted by atomic mass is 16.4. The van der Waals surface area contributed by atoms with Gasteiger partial charge in [-0.15, -0.1) is 0 Å². The maximum absolute atomic E-state index is 12.6. The van der Waals surface area contributed by atoms with E-state index in [1.807, 2.05) is 0 Å². The zero-order valence-electron chi connectivity index (χ0n) is 13.6. The van der Waals surface area contributed by atoms with E-state index in [0.29, 0.717) is 12.8 Å². The van der Waals surface area contributed by atoms with E-state index in [9.17, 15) is 24.0 Å². The first-order valence-corrected chi connectivity index (χ1v) is 7.77. The average Bonchev–Trinajstić information content (AvgIpc) is 3.04.